The van der Waals surface area contributed by atoms with Crippen molar-refractivity contribution >= 4 is 0 Å². The number of aliphatic hydroxyl groups is 1. The van der Waals surface area contributed by atoms with E-state index < -0.39 is 0 Å². The Morgan fingerprint density at radius 3 is 2.65 bits per heavy atom. The van der Waals surface area contributed by atoms with Gasteiger partial charge in [-0.1, -0.05) is 19.3 Å². The van der Waals surface area contributed by atoms with Crippen LogP contribution in [0.2, 0.25) is 0 Å². The zero-order chi connectivity index (χ0) is 12.1. The molecule has 0 radical (unpaired) electrons. The SMILES string of the molecule is COC1CCCN(CC(O)C2CCCCC2)C1. The van der Waals surface area contributed by atoms with E-state index in [1.54, 1.807) is 7.11 Å². The maximum atomic E-state index is 10.3. The highest BCUT2D eigenvalue weighted by Crippen LogP contribution is 2.27. The predicted octanol–water partition coefficient (Wildman–Crippen LogP) is 2.04. The lowest BCUT2D eigenvalue weighted by Crippen LogP contribution is -2.44. The third kappa shape index (κ3) is 3.94. The Labute approximate surface area is 105 Å². The Morgan fingerprint density at radius 1 is 1.18 bits per heavy atom. The Morgan fingerprint density at radius 2 is 1.94 bits per heavy atom. The molecule has 2 fully saturated rings. The van der Waals surface area contributed by atoms with E-state index in [1.807, 2.05) is 0 Å². The minimum absolute atomic E-state index is 0.120. The molecule has 0 aromatic heterocycles. The highest BCUT2D eigenvalue weighted by molar-refractivity contribution is 4.79. The number of methoxy groups -OCH3 is 1. The molecule has 1 aliphatic carbocycles. The van der Waals surface area contributed by atoms with E-state index in [0.717, 1.165) is 19.6 Å². The minimum Gasteiger partial charge on any atom is -0.392 e. The normalized spacial score (nSPS) is 30.4. The molecule has 0 spiro atoms. The molecule has 0 aromatic carbocycles. The van der Waals surface area contributed by atoms with Crippen molar-refractivity contribution in [1.82, 2.24) is 4.90 Å². The third-order valence-corrected chi connectivity index (χ3v) is 4.43. The second-order valence-electron chi connectivity index (χ2n) is 5.72. The summed E-state index contributed by atoms with van der Waals surface area (Å²) in [6.07, 6.45) is 9.06. The molecule has 0 amide bonds. The fourth-order valence-electron chi connectivity index (χ4n) is 3.30. The first-order chi connectivity index (χ1) is 8.29. The van der Waals surface area contributed by atoms with E-state index in [-0.39, 0.29) is 6.10 Å². The molecule has 0 bridgehead atoms. The van der Waals surface area contributed by atoms with E-state index in [2.05, 4.69) is 4.90 Å². The number of hydrogen-bond donors (Lipinski definition) is 1. The first-order valence-corrected chi connectivity index (χ1v) is 7.23. The Kier molecular flexibility index (Phi) is 5.26. The van der Waals surface area contributed by atoms with Crippen LogP contribution in [0.5, 0.6) is 0 Å². The van der Waals surface area contributed by atoms with Crippen molar-refractivity contribution in [2.45, 2.75) is 57.2 Å². The molecule has 1 N–H and O–H groups in total. The van der Waals surface area contributed by atoms with E-state index in [4.69, 9.17) is 4.74 Å². The first-order valence-electron chi connectivity index (χ1n) is 7.23. The molecule has 2 atom stereocenters. The smallest absolute Gasteiger partial charge is 0.0698 e. The quantitative estimate of drug-likeness (QED) is 0.817. The summed E-state index contributed by atoms with van der Waals surface area (Å²) >= 11 is 0. The van der Waals surface area contributed by atoms with Crippen molar-refractivity contribution in [3.05, 3.63) is 0 Å². The van der Waals surface area contributed by atoms with Crippen molar-refractivity contribution in [3.63, 3.8) is 0 Å². The second-order valence-corrected chi connectivity index (χ2v) is 5.72. The van der Waals surface area contributed by atoms with Gasteiger partial charge in [-0.25, -0.2) is 0 Å². The van der Waals surface area contributed by atoms with Crippen LogP contribution in [0.25, 0.3) is 0 Å². The lowest BCUT2D eigenvalue weighted by atomic mass is 9.85. The van der Waals surface area contributed by atoms with Gasteiger partial charge < -0.3 is 9.84 Å². The van der Waals surface area contributed by atoms with Gasteiger partial charge in [-0.2, -0.15) is 0 Å². The van der Waals surface area contributed by atoms with E-state index in [0.29, 0.717) is 12.0 Å². The summed E-state index contributed by atoms with van der Waals surface area (Å²) in [5, 5.41) is 10.3. The Hall–Kier alpha value is -0.120. The summed E-state index contributed by atoms with van der Waals surface area (Å²) in [4.78, 5) is 2.39. The first kappa shape index (κ1) is 13.3. The monoisotopic (exact) mass is 241 g/mol. The zero-order valence-corrected chi connectivity index (χ0v) is 11.1. The average Bonchev–Trinajstić information content (AvgIpc) is 2.40. The van der Waals surface area contributed by atoms with Crippen LogP contribution in [0.15, 0.2) is 0 Å². The van der Waals surface area contributed by atoms with Gasteiger partial charge >= 0.3 is 0 Å². The summed E-state index contributed by atoms with van der Waals surface area (Å²) in [6.45, 7) is 2.98. The van der Waals surface area contributed by atoms with E-state index >= 15 is 0 Å². The topological polar surface area (TPSA) is 32.7 Å². The van der Waals surface area contributed by atoms with Gasteiger partial charge in [0.2, 0.25) is 0 Å². The minimum atomic E-state index is -0.120. The third-order valence-electron chi connectivity index (χ3n) is 4.43. The number of rotatable bonds is 4. The predicted molar refractivity (Wildman–Crippen MR) is 69.1 cm³/mol. The molecule has 1 heterocycles. The fourth-order valence-corrected chi connectivity index (χ4v) is 3.30. The molecule has 3 heteroatoms. The van der Waals surface area contributed by atoms with Crippen LogP contribution in [0.3, 0.4) is 0 Å². The van der Waals surface area contributed by atoms with Gasteiger partial charge in [0.25, 0.3) is 0 Å². The summed E-state index contributed by atoms with van der Waals surface area (Å²) in [5.74, 6) is 0.548. The van der Waals surface area contributed by atoms with Crippen LogP contribution >= 0.6 is 0 Å². The molecule has 1 aliphatic heterocycles. The van der Waals surface area contributed by atoms with Crippen LogP contribution in [0.1, 0.15) is 44.9 Å². The van der Waals surface area contributed by atoms with Crippen molar-refractivity contribution in [3.8, 4) is 0 Å². The molecule has 0 aromatic rings. The van der Waals surface area contributed by atoms with Crippen molar-refractivity contribution < 1.29 is 9.84 Å². The van der Waals surface area contributed by atoms with Crippen LogP contribution in [-0.2, 0) is 4.74 Å². The van der Waals surface area contributed by atoms with Crippen LogP contribution < -0.4 is 0 Å². The van der Waals surface area contributed by atoms with Gasteiger partial charge in [0.05, 0.1) is 12.2 Å². The molecular weight excluding hydrogens is 214 g/mol. The highest BCUT2D eigenvalue weighted by atomic mass is 16.5. The van der Waals surface area contributed by atoms with E-state index in [9.17, 15) is 5.11 Å². The largest absolute Gasteiger partial charge is 0.392 e. The van der Waals surface area contributed by atoms with Crippen molar-refractivity contribution in [2.75, 3.05) is 26.7 Å². The number of aliphatic hydroxyl groups excluding tert-OH is 1. The molecule has 2 rings (SSSR count). The molecule has 1 saturated carbocycles. The van der Waals surface area contributed by atoms with Gasteiger partial charge in [0.1, 0.15) is 0 Å². The van der Waals surface area contributed by atoms with Crippen molar-refractivity contribution in [2.24, 2.45) is 5.92 Å². The van der Waals surface area contributed by atoms with Gasteiger partial charge in [-0.15, -0.1) is 0 Å². The number of β-amino-alcohol motifs (C(OH)–C–C–N with tert-alkyl or cyclic N) is 1. The fraction of sp³-hybridized carbons (Fsp3) is 1.00. The summed E-state index contributed by atoms with van der Waals surface area (Å²) in [6, 6.07) is 0. The molecule has 3 nitrogen and oxygen atoms in total. The maximum absolute atomic E-state index is 10.3. The highest BCUT2D eigenvalue weighted by Gasteiger charge is 2.26. The van der Waals surface area contributed by atoms with E-state index in [1.165, 1.54) is 44.9 Å². The Bertz CT molecular complexity index is 216. The zero-order valence-electron chi connectivity index (χ0n) is 11.1. The standard InChI is InChI=1S/C14H27NO2/c1-17-13-8-5-9-15(10-13)11-14(16)12-6-3-2-4-7-12/h12-14,16H,2-11H2,1H3. The van der Waals surface area contributed by atoms with Gasteiger partial charge in [0.15, 0.2) is 0 Å². The molecule has 2 aliphatic rings. The number of hydrogen-bond acceptors (Lipinski definition) is 3. The van der Waals surface area contributed by atoms with Crippen molar-refractivity contribution in [1.29, 1.82) is 0 Å². The lowest BCUT2D eigenvalue weighted by molar-refractivity contribution is -0.00378. The molecule has 17 heavy (non-hydrogen) atoms. The number of ether oxygens (including phenoxy) is 1. The second kappa shape index (κ2) is 6.72. The van der Waals surface area contributed by atoms with Gasteiger partial charge in [-0.3, -0.25) is 4.90 Å². The number of likely N-dealkylation sites (tertiary alicyclic amines) is 1. The van der Waals surface area contributed by atoms with Crippen LogP contribution in [-0.4, -0.2) is 49.0 Å². The summed E-state index contributed by atoms with van der Waals surface area (Å²) < 4.78 is 5.43. The van der Waals surface area contributed by atoms with Gasteiger partial charge in [-0.05, 0) is 38.1 Å². The molecular formula is C14H27NO2. The summed E-state index contributed by atoms with van der Waals surface area (Å²) in [5.41, 5.74) is 0. The van der Waals surface area contributed by atoms with Gasteiger partial charge in [0, 0.05) is 20.2 Å². The summed E-state index contributed by atoms with van der Waals surface area (Å²) in [7, 11) is 1.80. The number of nitrogens with zero attached hydrogens (tertiary/aromatic N) is 1. The lowest BCUT2D eigenvalue weighted by Gasteiger charge is -2.35. The van der Waals surface area contributed by atoms with Crippen LogP contribution in [0.4, 0.5) is 0 Å². The maximum Gasteiger partial charge on any atom is 0.0698 e. The van der Waals surface area contributed by atoms with Crippen LogP contribution in [0, 0.1) is 5.92 Å². The Balaban J connectivity index is 1.74. The molecule has 1 saturated heterocycles. The molecule has 100 valence electrons. The molecule has 2 unspecified atom stereocenters. The number of piperidine rings is 1. The average molecular weight is 241 g/mol.